The van der Waals surface area contributed by atoms with Gasteiger partial charge in [-0.15, -0.1) is 0 Å². The number of benzene rings is 2. The minimum atomic E-state index is 1.04. The van der Waals surface area contributed by atoms with E-state index >= 15 is 0 Å². The summed E-state index contributed by atoms with van der Waals surface area (Å²) in [7, 11) is 3.82. The molecule has 0 bridgehead atoms. The van der Waals surface area contributed by atoms with Gasteiger partial charge >= 0.3 is 0 Å². The van der Waals surface area contributed by atoms with Gasteiger partial charge in [0, 0.05) is 21.7 Å². The van der Waals surface area contributed by atoms with Gasteiger partial charge in [-0.25, -0.2) is 0 Å². The van der Waals surface area contributed by atoms with E-state index < -0.39 is 0 Å². The molecule has 0 amide bonds. The summed E-state index contributed by atoms with van der Waals surface area (Å²) < 4.78 is 0. The van der Waals surface area contributed by atoms with Crippen LogP contribution in [0.2, 0.25) is 0 Å². The van der Waals surface area contributed by atoms with Gasteiger partial charge in [-0.1, -0.05) is 75.3 Å². The van der Waals surface area contributed by atoms with Crippen molar-refractivity contribution in [1.82, 2.24) is 0 Å². The molecule has 1 aliphatic carbocycles. The first-order valence-corrected chi connectivity index (χ1v) is 8.50. The van der Waals surface area contributed by atoms with Gasteiger partial charge < -0.3 is 0 Å². The van der Waals surface area contributed by atoms with Crippen LogP contribution in [-0.4, -0.2) is 0 Å². The van der Waals surface area contributed by atoms with Crippen molar-refractivity contribution in [2.45, 2.75) is 6.42 Å². The van der Waals surface area contributed by atoms with Gasteiger partial charge in [0.05, 0.1) is 0 Å². The van der Waals surface area contributed by atoms with Gasteiger partial charge in [-0.2, -0.15) is 0 Å². The van der Waals surface area contributed by atoms with Crippen molar-refractivity contribution in [3.63, 3.8) is 0 Å². The lowest BCUT2D eigenvalue weighted by Crippen LogP contribution is -1.85. The predicted octanol–water partition coefficient (Wildman–Crippen LogP) is 5.66. The summed E-state index contributed by atoms with van der Waals surface area (Å²) in [5.41, 5.74) is 2.86. The highest BCUT2D eigenvalue weighted by Gasteiger charge is 2.17. The van der Waals surface area contributed by atoms with Gasteiger partial charge in [-0.05, 0) is 22.4 Å². The summed E-state index contributed by atoms with van der Waals surface area (Å²) in [5, 5.41) is 2.77. The first-order chi connectivity index (χ1) is 9.42. The molecule has 19 heavy (non-hydrogen) atoms. The summed E-state index contributed by atoms with van der Waals surface area (Å²) in [4.78, 5) is 2.92. The summed E-state index contributed by atoms with van der Waals surface area (Å²) in [6, 6.07) is 21.8. The van der Waals surface area contributed by atoms with Crippen molar-refractivity contribution in [2.75, 3.05) is 0 Å². The van der Waals surface area contributed by atoms with Crippen LogP contribution in [0.4, 0.5) is 0 Å². The normalized spacial score (nSPS) is 11.4. The summed E-state index contributed by atoms with van der Waals surface area (Å²) in [6.07, 6.45) is 1.04. The minimum Gasteiger partial charge on any atom is -0.0835 e. The molecule has 2 aromatic rings. The lowest BCUT2D eigenvalue weighted by atomic mass is 10.1. The van der Waals surface area contributed by atoms with Crippen LogP contribution in [0.25, 0.3) is 21.2 Å². The Morgan fingerprint density at radius 2 is 1.58 bits per heavy atom. The van der Waals surface area contributed by atoms with E-state index in [4.69, 9.17) is 0 Å². The van der Waals surface area contributed by atoms with Crippen LogP contribution in [0.3, 0.4) is 0 Å². The molecule has 2 heteroatoms. The fourth-order valence-corrected chi connectivity index (χ4v) is 5.25. The third-order valence-electron chi connectivity index (χ3n) is 3.48. The van der Waals surface area contributed by atoms with Crippen LogP contribution < -0.4 is 0 Å². The van der Waals surface area contributed by atoms with Crippen molar-refractivity contribution in [3.05, 3.63) is 71.1 Å². The Kier molecular flexibility index (Phi) is 2.64. The lowest BCUT2D eigenvalue weighted by molar-refractivity contribution is 1.25. The van der Waals surface area contributed by atoms with Crippen LogP contribution >= 0.6 is 20.7 Å². The predicted molar refractivity (Wildman–Crippen MR) is 85.6 cm³/mol. The Balaban J connectivity index is 1.86. The summed E-state index contributed by atoms with van der Waals surface area (Å²) in [6.45, 7) is 0. The third-order valence-corrected chi connectivity index (χ3v) is 6.01. The van der Waals surface area contributed by atoms with Gasteiger partial charge in [0.1, 0.15) is 0 Å². The first kappa shape index (κ1) is 11.2. The van der Waals surface area contributed by atoms with E-state index in [0.29, 0.717) is 0 Å². The second kappa shape index (κ2) is 4.48. The third kappa shape index (κ3) is 1.88. The maximum absolute atomic E-state index is 2.32. The molecule has 0 spiro atoms. The largest absolute Gasteiger partial charge is 0.0835 e. The highest BCUT2D eigenvalue weighted by molar-refractivity contribution is 7.71. The minimum absolute atomic E-state index is 1.04. The van der Waals surface area contributed by atoms with E-state index in [1.165, 1.54) is 31.7 Å². The van der Waals surface area contributed by atoms with E-state index in [2.05, 4.69) is 60.7 Å². The van der Waals surface area contributed by atoms with E-state index in [-0.39, 0.29) is 0 Å². The molecule has 0 aromatic heterocycles. The standard InChI is InChI=1S/C17H12S2/c1-2-6-12(7-3-1)10-15-17-14-9-5-4-8-13(14)11-16(17)19-18-15/h1-9,11H,10H2. The maximum atomic E-state index is 2.32. The Bertz CT molecular complexity index is 793. The number of rotatable bonds is 2. The summed E-state index contributed by atoms with van der Waals surface area (Å²) in [5.74, 6) is 0. The van der Waals surface area contributed by atoms with Crippen molar-refractivity contribution in [2.24, 2.45) is 0 Å². The number of hydrogen-bond donors (Lipinski definition) is 0. The Hall–Kier alpha value is -1.64. The molecule has 2 aliphatic rings. The first-order valence-electron chi connectivity index (χ1n) is 6.35. The van der Waals surface area contributed by atoms with E-state index in [0.717, 1.165) is 6.42 Å². The van der Waals surface area contributed by atoms with Crippen LogP contribution in [0.1, 0.15) is 10.4 Å². The van der Waals surface area contributed by atoms with Crippen LogP contribution in [-0.2, 0) is 6.42 Å². The van der Waals surface area contributed by atoms with Crippen molar-refractivity contribution < 1.29 is 0 Å². The highest BCUT2D eigenvalue weighted by atomic mass is 32.9. The molecule has 1 aliphatic heterocycles. The second-order valence-electron chi connectivity index (χ2n) is 4.72. The van der Waals surface area contributed by atoms with E-state index in [1.807, 2.05) is 20.7 Å². The molecule has 2 aromatic carbocycles. The molecule has 0 radical (unpaired) electrons. The van der Waals surface area contributed by atoms with Gasteiger partial charge in [-0.3, -0.25) is 0 Å². The summed E-state index contributed by atoms with van der Waals surface area (Å²) >= 11 is 0. The van der Waals surface area contributed by atoms with Crippen molar-refractivity contribution in [3.8, 4) is 10.4 Å². The quantitative estimate of drug-likeness (QED) is 0.416. The smallest absolute Gasteiger partial charge is 0.0473 e. The Labute approximate surface area is 119 Å². The zero-order chi connectivity index (χ0) is 12.7. The monoisotopic (exact) mass is 280 g/mol. The lowest BCUT2D eigenvalue weighted by Gasteiger charge is -2.01. The zero-order valence-electron chi connectivity index (χ0n) is 10.3. The molecule has 4 rings (SSSR count). The van der Waals surface area contributed by atoms with E-state index in [9.17, 15) is 0 Å². The van der Waals surface area contributed by atoms with Crippen LogP contribution in [0, 0.1) is 0 Å². The molecular formula is C17H12S2. The molecule has 1 heterocycles. The molecule has 0 saturated carbocycles. The molecule has 0 unspecified atom stereocenters. The average Bonchev–Trinajstić information content (AvgIpc) is 3.00. The van der Waals surface area contributed by atoms with Crippen molar-refractivity contribution >= 4 is 31.5 Å². The van der Waals surface area contributed by atoms with Gasteiger partial charge in [0.15, 0.2) is 0 Å². The zero-order valence-corrected chi connectivity index (χ0v) is 11.9. The van der Waals surface area contributed by atoms with Gasteiger partial charge in [0.25, 0.3) is 0 Å². The fraction of sp³-hybridized carbons (Fsp3) is 0.0588. The Morgan fingerprint density at radius 1 is 0.789 bits per heavy atom. The van der Waals surface area contributed by atoms with Gasteiger partial charge in [0.2, 0.25) is 0 Å². The average molecular weight is 280 g/mol. The second-order valence-corrected chi connectivity index (χ2v) is 6.99. The molecule has 0 nitrogen and oxygen atoms in total. The molecule has 0 saturated heterocycles. The number of hydrogen-bond acceptors (Lipinski definition) is 2. The van der Waals surface area contributed by atoms with Crippen molar-refractivity contribution in [1.29, 1.82) is 0 Å². The van der Waals surface area contributed by atoms with Crippen LogP contribution in [0.5, 0.6) is 0 Å². The molecular weight excluding hydrogens is 268 g/mol. The maximum Gasteiger partial charge on any atom is 0.0473 e. The molecule has 0 atom stereocenters. The molecule has 0 N–H and O–H groups in total. The fourth-order valence-electron chi connectivity index (χ4n) is 2.59. The molecule has 0 fully saturated rings. The highest BCUT2D eigenvalue weighted by Crippen LogP contribution is 2.45. The Morgan fingerprint density at radius 3 is 2.47 bits per heavy atom. The van der Waals surface area contributed by atoms with E-state index in [1.54, 1.807) is 0 Å². The SMILES string of the molecule is c1ccc(Cc2ssc3cc4ccccc4c2-3)cc1. The topological polar surface area (TPSA) is 0 Å². The van der Waals surface area contributed by atoms with Crippen LogP contribution in [0.15, 0.2) is 60.7 Å². The number of fused-ring (bicyclic) bond motifs is 3. The molecule has 92 valence electrons.